The minimum absolute atomic E-state index is 0.122. The van der Waals surface area contributed by atoms with Gasteiger partial charge in [0, 0.05) is 17.0 Å². The molecule has 0 fully saturated rings. The molecule has 0 saturated carbocycles. The number of ketones is 1. The number of anilines is 1. The van der Waals surface area contributed by atoms with Crippen molar-refractivity contribution >= 4 is 34.4 Å². The number of nitrogens with one attached hydrogen (secondary N) is 1. The zero-order valence-electron chi connectivity index (χ0n) is 16.8. The molecule has 4 aromatic rings. The number of para-hydroxylation sites is 1. The molecule has 1 amide bonds. The highest BCUT2D eigenvalue weighted by molar-refractivity contribution is 6.18. The number of furan rings is 1. The molecular weight excluding hydrogens is 374 g/mol. The van der Waals surface area contributed by atoms with Gasteiger partial charge in [0.15, 0.2) is 5.76 Å². The minimum atomic E-state index is -0.333. The van der Waals surface area contributed by atoms with Crippen molar-refractivity contribution in [3.05, 3.63) is 107 Å². The number of carbonyl (C=O) groups is 2. The van der Waals surface area contributed by atoms with Crippen LogP contribution in [0.4, 0.5) is 5.69 Å². The van der Waals surface area contributed by atoms with Crippen molar-refractivity contribution in [2.45, 2.75) is 13.8 Å². The number of carbonyl (C=O) groups excluding carboxylic acids is 2. The van der Waals surface area contributed by atoms with Gasteiger partial charge in [-0.1, -0.05) is 71.8 Å². The van der Waals surface area contributed by atoms with Crippen LogP contribution in [0, 0.1) is 13.8 Å². The van der Waals surface area contributed by atoms with Crippen LogP contribution in [0.5, 0.6) is 0 Å². The monoisotopic (exact) mass is 395 g/mol. The number of hydrogen-bond acceptors (Lipinski definition) is 3. The third-order valence-corrected chi connectivity index (χ3v) is 4.87. The van der Waals surface area contributed by atoms with Crippen molar-refractivity contribution in [2.24, 2.45) is 0 Å². The Labute approximate surface area is 174 Å². The summed E-state index contributed by atoms with van der Waals surface area (Å²) in [5, 5.41) is 3.52. The number of aryl methyl sites for hydroxylation is 2. The summed E-state index contributed by atoms with van der Waals surface area (Å²) in [7, 11) is 0. The van der Waals surface area contributed by atoms with E-state index >= 15 is 0 Å². The molecule has 0 saturated heterocycles. The molecule has 4 rings (SSSR count). The van der Waals surface area contributed by atoms with E-state index in [2.05, 4.69) is 5.32 Å². The fourth-order valence-electron chi connectivity index (χ4n) is 3.18. The molecule has 3 aromatic carbocycles. The van der Waals surface area contributed by atoms with E-state index in [1.807, 2.05) is 68.4 Å². The molecule has 1 aromatic heterocycles. The second-order valence-electron chi connectivity index (χ2n) is 7.23. The van der Waals surface area contributed by atoms with E-state index in [0.717, 1.165) is 16.7 Å². The predicted octanol–water partition coefficient (Wildman–Crippen LogP) is 5.93. The van der Waals surface area contributed by atoms with E-state index in [4.69, 9.17) is 4.42 Å². The van der Waals surface area contributed by atoms with Crippen molar-refractivity contribution in [3.63, 3.8) is 0 Å². The van der Waals surface area contributed by atoms with Crippen LogP contribution in [-0.4, -0.2) is 11.7 Å². The van der Waals surface area contributed by atoms with Gasteiger partial charge in [-0.05, 0) is 37.6 Å². The molecule has 0 aliphatic rings. The fraction of sp³-hybridized carbons (Fsp3) is 0.0769. The van der Waals surface area contributed by atoms with Crippen molar-refractivity contribution in [2.75, 3.05) is 5.32 Å². The number of fused-ring (bicyclic) bond motifs is 1. The van der Waals surface area contributed by atoms with Crippen molar-refractivity contribution in [1.29, 1.82) is 0 Å². The second-order valence-corrected chi connectivity index (χ2v) is 7.23. The maximum absolute atomic E-state index is 13.1. The summed E-state index contributed by atoms with van der Waals surface area (Å²) in [6, 6.07) is 22.4. The molecule has 1 heterocycles. The second kappa shape index (κ2) is 8.21. The molecule has 0 aliphatic heterocycles. The van der Waals surface area contributed by atoms with Gasteiger partial charge in [0.25, 0.3) is 0 Å². The molecule has 0 aliphatic carbocycles. The van der Waals surface area contributed by atoms with E-state index in [9.17, 15) is 9.59 Å². The zero-order valence-corrected chi connectivity index (χ0v) is 16.8. The number of rotatable bonds is 5. The first kappa shape index (κ1) is 19.4. The van der Waals surface area contributed by atoms with Crippen LogP contribution < -0.4 is 5.32 Å². The van der Waals surface area contributed by atoms with Gasteiger partial charge in [0.05, 0.1) is 5.69 Å². The first-order valence-corrected chi connectivity index (χ1v) is 9.70. The molecule has 0 radical (unpaired) electrons. The summed E-state index contributed by atoms with van der Waals surface area (Å²) < 4.78 is 5.83. The van der Waals surface area contributed by atoms with Crippen LogP contribution in [-0.2, 0) is 4.79 Å². The normalized spacial score (nSPS) is 11.1. The van der Waals surface area contributed by atoms with Gasteiger partial charge in [0.1, 0.15) is 5.58 Å². The first-order valence-electron chi connectivity index (χ1n) is 9.70. The number of benzene rings is 3. The quantitative estimate of drug-likeness (QED) is 0.336. The largest absolute Gasteiger partial charge is 0.450 e. The van der Waals surface area contributed by atoms with E-state index < -0.39 is 0 Å². The highest BCUT2D eigenvalue weighted by atomic mass is 16.3. The smallest absolute Gasteiger partial charge is 0.248 e. The molecule has 1 N–H and O–H groups in total. The van der Waals surface area contributed by atoms with Crippen LogP contribution in [0.1, 0.15) is 32.8 Å². The van der Waals surface area contributed by atoms with E-state index in [-0.39, 0.29) is 17.5 Å². The fourth-order valence-corrected chi connectivity index (χ4v) is 3.18. The van der Waals surface area contributed by atoms with Gasteiger partial charge in [-0.15, -0.1) is 0 Å². The van der Waals surface area contributed by atoms with E-state index in [1.54, 1.807) is 24.3 Å². The maximum atomic E-state index is 13.1. The number of hydrogen-bond donors (Lipinski definition) is 1. The summed E-state index contributed by atoms with van der Waals surface area (Å²) >= 11 is 0. The van der Waals surface area contributed by atoms with Crippen LogP contribution in [0.2, 0.25) is 0 Å². The molecule has 0 spiro atoms. The van der Waals surface area contributed by atoms with Crippen LogP contribution in [0.3, 0.4) is 0 Å². The lowest BCUT2D eigenvalue weighted by Gasteiger charge is -2.04. The molecule has 148 valence electrons. The Hall–Kier alpha value is -3.92. The Morgan fingerprint density at radius 1 is 0.833 bits per heavy atom. The Morgan fingerprint density at radius 2 is 1.47 bits per heavy atom. The average molecular weight is 395 g/mol. The Bertz CT molecular complexity index is 1250. The SMILES string of the molecule is Cc1ccc(/C=C/C(=O)Nc2c(C(=O)c3ccc(C)cc3)oc3ccccc23)cc1. The summed E-state index contributed by atoms with van der Waals surface area (Å²) in [6.45, 7) is 3.97. The molecule has 0 bridgehead atoms. The van der Waals surface area contributed by atoms with Crippen molar-refractivity contribution in [1.82, 2.24) is 0 Å². The van der Waals surface area contributed by atoms with Gasteiger partial charge in [0.2, 0.25) is 11.7 Å². The lowest BCUT2D eigenvalue weighted by atomic mass is 10.1. The lowest BCUT2D eigenvalue weighted by molar-refractivity contribution is -0.111. The lowest BCUT2D eigenvalue weighted by Crippen LogP contribution is -2.11. The summed E-state index contributed by atoms with van der Waals surface area (Å²) in [6.07, 6.45) is 3.19. The van der Waals surface area contributed by atoms with E-state index in [0.29, 0.717) is 22.2 Å². The summed E-state index contributed by atoms with van der Waals surface area (Å²) in [5.41, 5.74) is 4.57. The molecule has 4 heteroatoms. The highest BCUT2D eigenvalue weighted by Crippen LogP contribution is 2.32. The average Bonchev–Trinajstić information content (AvgIpc) is 3.12. The summed E-state index contributed by atoms with van der Waals surface area (Å²) in [5.74, 6) is -0.485. The highest BCUT2D eigenvalue weighted by Gasteiger charge is 2.22. The first-order chi connectivity index (χ1) is 14.5. The van der Waals surface area contributed by atoms with Crippen LogP contribution in [0.15, 0.2) is 83.3 Å². The zero-order chi connectivity index (χ0) is 21.1. The third-order valence-electron chi connectivity index (χ3n) is 4.87. The maximum Gasteiger partial charge on any atom is 0.248 e. The predicted molar refractivity (Wildman–Crippen MR) is 120 cm³/mol. The van der Waals surface area contributed by atoms with Crippen molar-refractivity contribution in [3.8, 4) is 0 Å². The molecule has 0 atom stereocenters. The van der Waals surface area contributed by atoms with Crippen LogP contribution in [0.25, 0.3) is 17.0 Å². The van der Waals surface area contributed by atoms with E-state index in [1.165, 1.54) is 6.08 Å². The van der Waals surface area contributed by atoms with Gasteiger partial charge in [-0.25, -0.2) is 0 Å². The Kier molecular flexibility index (Phi) is 5.31. The molecule has 0 unspecified atom stereocenters. The van der Waals surface area contributed by atoms with Gasteiger partial charge in [-0.3, -0.25) is 9.59 Å². The Morgan fingerprint density at radius 3 is 2.17 bits per heavy atom. The van der Waals surface area contributed by atoms with Gasteiger partial charge >= 0.3 is 0 Å². The molecule has 30 heavy (non-hydrogen) atoms. The topological polar surface area (TPSA) is 59.3 Å². The summed E-state index contributed by atoms with van der Waals surface area (Å²) in [4.78, 5) is 25.7. The van der Waals surface area contributed by atoms with Gasteiger partial charge < -0.3 is 9.73 Å². The Balaban J connectivity index is 1.66. The molecule has 4 nitrogen and oxygen atoms in total. The van der Waals surface area contributed by atoms with Crippen LogP contribution >= 0.6 is 0 Å². The molecular formula is C26H21NO3. The standard InChI is InChI=1S/C26H21NO3/c1-17-7-11-19(12-8-17)13-16-23(28)27-24-21-5-3-4-6-22(21)30-26(24)25(29)20-14-9-18(2)10-15-20/h3-16H,1-2H3,(H,27,28)/b16-13+. The van der Waals surface area contributed by atoms with Gasteiger partial charge in [-0.2, -0.15) is 0 Å². The minimum Gasteiger partial charge on any atom is -0.450 e. The van der Waals surface area contributed by atoms with Crippen molar-refractivity contribution < 1.29 is 14.0 Å². The third kappa shape index (κ3) is 4.08. The number of amides is 1.